The van der Waals surface area contributed by atoms with Crippen LogP contribution in [0.25, 0.3) is 0 Å². The van der Waals surface area contributed by atoms with Crippen molar-refractivity contribution in [3.05, 3.63) is 18.0 Å². The first-order chi connectivity index (χ1) is 13.7. The molecule has 2 rings (SSSR count). The van der Waals surface area contributed by atoms with Crippen molar-refractivity contribution in [1.82, 2.24) is 25.1 Å². The Kier molecular flexibility index (Phi) is 8.00. The number of aromatic nitrogens is 2. The summed E-state index contributed by atoms with van der Waals surface area (Å²) in [5.41, 5.74) is -0.964. The lowest BCUT2D eigenvalue weighted by Crippen LogP contribution is -2.40. The first-order valence-electron chi connectivity index (χ1n) is 9.26. The van der Waals surface area contributed by atoms with Crippen molar-refractivity contribution in [2.45, 2.75) is 19.0 Å². The number of alkyl halides is 3. The van der Waals surface area contributed by atoms with E-state index in [1.165, 1.54) is 7.05 Å². The average molecular weight is 418 g/mol. The Balaban J connectivity index is 1.85. The molecule has 0 radical (unpaired) electrons. The van der Waals surface area contributed by atoms with E-state index in [1.54, 1.807) is 4.90 Å². The van der Waals surface area contributed by atoms with E-state index in [-0.39, 0.29) is 24.9 Å². The highest BCUT2D eigenvalue weighted by molar-refractivity contribution is 5.81. The number of hydrogen-bond donors (Lipinski definition) is 2. The van der Waals surface area contributed by atoms with Gasteiger partial charge in [0.25, 0.3) is 0 Å². The zero-order valence-electron chi connectivity index (χ0n) is 16.2. The molecule has 1 aromatic heterocycles. The lowest BCUT2D eigenvalue weighted by atomic mass is 10.3. The fourth-order valence-electron chi connectivity index (χ4n) is 3.03. The molecule has 0 aromatic carbocycles. The number of nitrogens with zero attached hydrogens (tertiary/aromatic N) is 5. The molecule has 0 bridgehead atoms. The van der Waals surface area contributed by atoms with E-state index in [0.717, 1.165) is 30.1 Å². The van der Waals surface area contributed by atoms with E-state index in [9.17, 15) is 27.9 Å². The second kappa shape index (κ2) is 10.2. The monoisotopic (exact) mass is 418 g/mol. The highest BCUT2D eigenvalue weighted by atomic mass is 19.4. The summed E-state index contributed by atoms with van der Waals surface area (Å²) in [6.07, 6.45) is -3.29. The van der Waals surface area contributed by atoms with E-state index in [4.69, 9.17) is 0 Å². The number of hydrogen-bond acceptors (Lipinski definition) is 6. The maximum Gasteiger partial charge on any atom is 0.433 e. The number of nitrogens with one attached hydrogen (secondary N) is 1. The number of carbonyl (C=O) groups excluding carboxylic acids is 1. The van der Waals surface area contributed by atoms with Gasteiger partial charge in [-0.2, -0.15) is 13.2 Å². The summed E-state index contributed by atoms with van der Waals surface area (Å²) < 4.78 is 38.6. The van der Waals surface area contributed by atoms with Crippen molar-refractivity contribution in [3.63, 3.8) is 0 Å². The first kappa shape index (κ1) is 22.7. The van der Waals surface area contributed by atoms with Crippen molar-refractivity contribution >= 4 is 17.9 Å². The predicted octanol–water partition coefficient (Wildman–Crippen LogP) is 1.12. The Morgan fingerprint density at radius 3 is 2.69 bits per heavy atom. The molecule has 29 heavy (non-hydrogen) atoms. The van der Waals surface area contributed by atoms with E-state index in [0.29, 0.717) is 32.6 Å². The summed E-state index contributed by atoms with van der Waals surface area (Å²) >= 11 is 0. The summed E-state index contributed by atoms with van der Waals surface area (Å²) in [5, 5.41) is 11.6. The summed E-state index contributed by atoms with van der Waals surface area (Å²) in [6, 6.07) is 0.848. The molecule has 9 nitrogen and oxygen atoms in total. The van der Waals surface area contributed by atoms with Gasteiger partial charge in [-0.05, 0) is 32.0 Å². The normalized spacial score (nSPS) is 15.7. The van der Waals surface area contributed by atoms with Gasteiger partial charge in [0, 0.05) is 39.4 Å². The van der Waals surface area contributed by atoms with Crippen LogP contribution in [0.5, 0.6) is 0 Å². The third kappa shape index (κ3) is 7.04. The molecule has 1 fully saturated rings. The Morgan fingerprint density at radius 2 is 2.03 bits per heavy atom. The van der Waals surface area contributed by atoms with Gasteiger partial charge in [0.1, 0.15) is 12.2 Å². The molecule has 2 N–H and O–H groups in total. The molecule has 2 heterocycles. The quantitative estimate of drug-likeness (QED) is 0.684. The van der Waals surface area contributed by atoms with Gasteiger partial charge in [0.2, 0.25) is 11.9 Å². The zero-order valence-corrected chi connectivity index (χ0v) is 16.2. The zero-order chi connectivity index (χ0) is 21.4. The fraction of sp³-hybridized carbons (Fsp3) is 0.647. The van der Waals surface area contributed by atoms with Crippen LogP contribution in [-0.2, 0) is 11.0 Å². The molecule has 2 amide bonds. The van der Waals surface area contributed by atoms with Gasteiger partial charge in [0.05, 0.1) is 0 Å². The topological polar surface area (TPSA) is 102 Å². The minimum absolute atomic E-state index is 0.0595. The van der Waals surface area contributed by atoms with Crippen LogP contribution < -0.4 is 10.2 Å². The predicted molar refractivity (Wildman–Crippen MR) is 98.6 cm³/mol. The highest BCUT2D eigenvalue weighted by Crippen LogP contribution is 2.28. The molecule has 1 aliphatic rings. The summed E-state index contributed by atoms with van der Waals surface area (Å²) in [4.78, 5) is 35.1. The molecule has 0 aliphatic carbocycles. The summed E-state index contributed by atoms with van der Waals surface area (Å²) in [5.74, 6) is -0.316. The number of halogens is 3. The van der Waals surface area contributed by atoms with Gasteiger partial charge in [-0.25, -0.2) is 14.8 Å². The van der Waals surface area contributed by atoms with E-state index in [1.807, 2.05) is 0 Å². The van der Waals surface area contributed by atoms with Gasteiger partial charge in [-0.3, -0.25) is 9.69 Å². The Morgan fingerprint density at radius 1 is 1.28 bits per heavy atom. The molecule has 0 atom stereocenters. The number of carbonyl (C=O) groups is 2. The second-order valence-electron chi connectivity index (χ2n) is 6.65. The number of likely N-dealkylation sites (N-methyl/N-ethyl adjacent to an activating group) is 1. The third-order valence-electron chi connectivity index (χ3n) is 4.59. The molecule has 1 aliphatic heterocycles. The van der Waals surface area contributed by atoms with Gasteiger partial charge in [-0.1, -0.05) is 0 Å². The van der Waals surface area contributed by atoms with Gasteiger partial charge >= 0.3 is 12.3 Å². The minimum Gasteiger partial charge on any atom is -0.465 e. The van der Waals surface area contributed by atoms with Crippen LogP contribution in [0.2, 0.25) is 0 Å². The van der Waals surface area contributed by atoms with E-state index >= 15 is 0 Å². The van der Waals surface area contributed by atoms with Crippen molar-refractivity contribution < 1.29 is 27.9 Å². The van der Waals surface area contributed by atoms with Crippen molar-refractivity contribution in [2.75, 3.05) is 57.8 Å². The Labute approximate surface area is 166 Å². The Bertz CT molecular complexity index is 703. The van der Waals surface area contributed by atoms with Crippen molar-refractivity contribution in [1.29, 1.82) is 0 Å². The van der Waals surface area contributed by atoms with Gasteiger partial charge < -0.3 is 20.2 Å². The summed E-state index contributed by atoms with van der Waals surface area (Å²) in [6.45, 7) is 2.97. The minimum atomic E-state index is -4.51. The number of anilines is 1. The average Bonchev–Trinajstić information content (AvgIpc) is 2.92. The largest absolute Gasteiger partial charge is 0.465 e. The van der Waals surface area contributed by atoms with Crippen molar-refractivity contribution in [3.8, 4) is 0 Å². The molecule has 0 spiro atoms. The third-order valence-corrected chi connectivity index (χ3v) is 4.59. The highest BCUT2D eigenvalue weighted by Gasteiger charge is 2.33. The molecule has 0 saturated carbocycles. The smallest absolute Gasteiger partial charge is 0.433 e. The lowest BCUT2D eigenvalue weighted by molar-refractivity contribution is -0.141. The number of carboxylic acid groups (broad SMARTS) is 1. The lowest BCUT2D eigenvalue weighted by Gasteiger charge is -2.23. The second-order valence-corrected chi connectivity index (χ2v) is 6.65. The molecular formula is C17H25F3N6O3. The molecule has 1 saturated heterocycles. The van der Waals surface area contributed by atoms with E-state index in [2.05, 4.69) is 20.2 Å². The number of amides is 2. The van der Waals surface area contributed by atoms with E-state index < -0.39 is 18.0 Å². The summed E-state index contributed by atoms with van der Waals surface area (Å²) in [7, 11) is 1.44. The van der Waals surface area contributed by atoms with Gasteiger partial charge in [0.15, 0.2) is 0 Å². The van der Waals surface area contributed by atoms with Crippen LogP contribution in [0.15, 0.2) is 12.3 Å². The van der Waals surface area contributed by atoms with Crippen LogP contribution in [-0.4, -0.2) is 89.7 Å². The standard InChI is InChI=1S/C17H25F3N6O3/c1-21-14(27)12-26(16(28)29)9-3-7-24-6-2-8-25(11-10-24)15-22-5-4-13(23-15)17(18,19)20/h4-5H,2-3,6-12H2,1H3,(H,21,27)(H,28,29). The van der Waals surface area contributed by atoms with Crippen LogP contribution in [0.1, 0.15) is 18.5 Å². The fourth-order valence-corrected chi connectivity index (χ4v) is 3.03. The molecule has 162 valence electrons. The SMILES string of the molecule is CNC(=O)CN(CCCN1CCCN(c2nccc(C(F)(F)F)n2)CC1)C(=O)O. The van der Waals surface area contributed by atoms with Crippen LogP contribution in [0, 0.1) is 0 Å². The van der Waals surface area contributed by atoms with Crippen LogP contribution >= 0.6 is 0 Å². The van der Waals surface area contributed by atoms with Crippen LogP contribution in [0.3, 0.4) is 0 Å². The van der Waals surface area contributed by atoms with Crippen molar-refractivity contribution in [2.24, 2.45) is 0 Å². The first-order valence-corrected chi connectivity index (χ1v) is 9.26. The Hall–Kier alpha value is -2.63. The maximum atomic E-state index is 12.9. The molecule has 0 unspecified atom stereocenters. The van der Waals surface area contributed by atoms with Crippen LogP contribution in [0.4, 0.5) is 23.9 Å². The molecule has 12 heteroatoms. The maximum absolute atomic E-state index is 12.9. The number of rotatable bonds is 7. The molecular weight excluding hydrogens is 393 g/mol. The molecule has 1 aromatic rings. The van der Waals surface area contributed by atoms with Gasteiger partial charge in [-0.15, -0.1) is 0 Å².